The zero-order chi connectivity index (χ0) is 50.7. The van der Waals surface area contributed by atoms with Crippen LogP contribution in [0.5, 0.6) is 23.0 Å². The lowest BCUT2D eigenvalue weighted by Gasteiger charge is -2.49. The predicted molar refractivity (Wildman–Crippen MR) is 266 cm³/mol. The van der Waals surface area contributed by atoms with Crippen molar-refractivity contribution in [2.45, 2.75) is 44.6 Å². The van der Waals surface area contributed by atoms with Crippen molar-refractivity contribution < 1.29 is 66.1 Å². The van der Waals surface area contributed by atoms with Crippen LogP contribution in [0.25, 0.3) is 0 Å². The van der Waals surface area contributed by atoms with Crippen LogP contribution in [0.1, 0.15) is 39.1 Å². The first-order chi connectivity index (χ1) is 34.0. The zero-order valence-corrected chi connectivity index (χ0v) is 42.5. The summed E-state index contributed by atoms with van der Waals surface area (Å²) in [5, 5.41) is 7.74. The van der Waals surface area contributed by atoms with E-state index in [2.05, 4.69) is 20.1 Å². The molecule has 8 rings (SSSR count). The summed E-state index contributed by atoms with van der Waals surface area (Å²) in [5.41, 5.74) is 2.33. The van der Waals surface area contributed by atoms with E-state index in [1.54, 1.807) is 43.6 Å². The number of nitrogens with zero attached hydrogens (tertiary/aromatic N) is 5. The lowest BCUT2D eigenvalue weighted by atomic mass is 10.0. The number of benzene rings is 3. The average molecular weight is 1030 g/mol. The molecule has 4 aromatic rings. The fourth-order valence-electron chi connectivity index (χ4n) is 9.48. The number of nitrogens with one attached hydrogen (secondary N) is 1. The second kappa shape index (κ2) is 21.6. The quantitative estimate of drug-likeness (QED) is 0.0378. The molecule has 372 valence electrons. The molecule has 0 spiro atoms. The molecule has 3 fully saturated rings. The highest BCUT2D eigenvalue weighted by molar-refractivity contribution is 7.92. The number of aromatic nitrogens is 1. The number of likely N-dealkylation sites (N-methyl/N-ethyl adjacent to an activating group) is 1. The number of likely N-dealkylation sites (tertiary alicyclic amines) is 2. The van der Waals surface area contributed by atoms with E-state index in [9.17, 15) is 28.5 Å². The van der Waals surface area contributed by atoms with E-state index in [0.29, 0.717) is 59.3 Å². The lowest BCUT2D eigenvalue weighted by molar-refractivity contribution is -0.896. The van der Waals surface area contributed by atoms with Crippen molar-refractivity contribution in [1.82, 2.24) is 20.1 Å². The number of hydrogen-bond donors (Lipinski definition) is 1. The van der Waals surface area contributed by atoms with Gasteiger partial charge in [0.15, 0.2) is 23.3 Å². The molecular formula is C47H52B2ClN6O13S2+. The smallest absolute Gasteiger partial charge is 0.337 e. The Labute approximate surface area is 424 Å². The third-order valence-electron chi connectivity index (χ3n) is 13.0. The minimum absolute atomic E-state index is 0.00357. The van der Waals surface area contributed by atoms with Crippen molar-refractivity contribution in [1.29, 1.82) is 0 Å². The first-order valence-corrected chi connectivity index (χ1v) is 25.2. The molecule has 5 heterocycles. The summed E-state index contributed by atoms with van der Waals surface area (Å²) in [6, 6.07) is 17.0. The number of fused-ring (bicyclic) bond motifs is 2. The molecule has 0 aliphatic carbocycles. The molecule has 0 saturated carbocycles. The number of ether oxygens (including phenoxy) is 4. The van der Waals surface area contributed by atoms with Gasteiger partial charge in [0.05, 0.1) is 55.5 Å². The first-order valence-electron chi connectivity index (χ1n) is 22.6. The molecule has 19 nitrogen and oxygen atoms in total. The first kappa shape index (κ1) is 51.1. The topological polar surface area (TPSA) is 217 Å². The van der Waals surface area contributed by atoms with E-state index in [4.69, 9.17) is 40.0 Å². The van der Waals surface area contributed by atoms with Gasteiger partial charge in [-0.15, -0.1) is 11.3 Å². The van der Waals surface area contributed by atoms with Crippen LogP contribution in [0.2, 0.25) is 5.02 Å². The monoisotopic (exact) mass is 1030 g/mol. The minimum atomic E-state index is -1.75. The molecule has 3 aromatic carbocycles. The number of β-lactam (4-membered cyclic amide) rings is 1. The third-order valence-corrected chi connectivity index (χ3v) is 15.8. The summed E-state index contributed by atoms with van der Waals surface area (Å²) in [6.07, 6.45) is -1.16. The van der Waals surface area contributed by atoms with Crippen molar-refractivity contribution in [3.05, 3.63) is 110 Å². The van der Waals surface area contributed by atoms with Crippen molar-refractivity contribution in [2.75, 3.05) is 59.7 Å². The number of halogens is 1. The normalized spacial score (nSPS) is 22.9. The lowest BCUT2D eigenvalue weighted by Crippen LogP contribution is -2.75. The number of oxime groups is 1. The standard InChI is InChI=1S/C47H51B2ClN6O13S2/c1-25(46(60)67-48)69-53-38(35-23-70-26(2)51-35)42(57)52-39-44(59)55-40(47(61)68-49)31(24-71(62)45(39)55)20-56(3)18-29-16-54(17-30(29)19-56)43(58)34-14-15-36(65-21-27-6-10-32(63-4)11-7-27)41(37(34)50)66-22-28-8-12-33(64-5)13-9-28/h6-15,23,25,29-30,39,45H,16-22,24,48-49H2,1-5H3/p+1/b53-38-/t25-,29-,30+,39-,45-,56?,71?/m1/s1. The highest BCUT2D eigenvalue weighted by Gasteiger charge is 2.62. The van der Waals surface area contributed by atoms with E-state index in [-0.39, 0.29) is 70.1 Å². The molecule has 3 amide bonds. The number of carbonyl (C=O) groups is 5. The van der Waals surface area contributed by atoms with E-state index in [0.717, 1.165) is 21.8 Å². The number of hydrogen-bond acceptors (Lipinski definition) is 16. The molecule has 2 unspecified atom stereocenters. The summed E-state index contributed by atoms with van der Waals surface area (Å²) >= 11 is 6.57. The summed E-state index contributed by atoms with van der Waals surface area (Å²) < 4.78 is 47.5. The Bertz CT molecular complexity index is 2750. The maximum atomic E-state index is 14.3. The van der Waals surface area contributed by atoms with Crippen LogP contribution < -0.4 is 24.3 Å². The van der Waals surface area contributed by atoms with Crippen molar-refractivity contribution in [3.8, 4) is 23.0 Å². The van der Waals surface area contributed by atoms with Crippen LogP contribution in [-0.4, -0.2) is 153 Å². The number of carbonyl (C=O) groups excluding carboxylic acids is 5. The van der Waals surface area contributed by atoms with Crippen molar-refractivity contribution >= 4 is 85.6 Å². The predicted octanol–water partition coefficient (Wildman–Crippen LogP) is 2.09. The number of thiazole rings is 1. The van der Waals surface area contributed by atoms with Crippen LogP contribution in [0.4, 0.5) is 0 Å². The highest BCUT2D eigenvalue weighted by Crippen LogP contribution is 2.43. The van der Waals surface area contributed by atoms with Gasteiger partial charge in [0.2, 0.25) is 11.5 Å². The van der Waals surface area contributed by atoms with Crippen molar-refractivity contribution in [3.63, 3.8) is 0 Å². The van der Waals surface area contributed by atoms with Crippen LogP contribution in [0, 0.1) is 18.8 Å². The summed E-state index contributed by atoms with van der Waals surface area (Å²) in [7, 11) is 7.62. The Morgan fingerprint density at radius 3 is 2.14 bits per heavy atom. The fourth-order valence-corrected chi connectivity index (χ4v) is 12.0. The van der Waals surface area contributed by atoms with Gasteiger partial charge < -0.3 is 52.3 Å². The van der Waals surface area contributed by atoms with Crippen molar-refractivity contribution in [2.24, 2.45) is 17.0 Å². The molecule has 4 aliphatic heterocycles. The maximum Gasteiger partial charge on any atom is 0.337 e. The maximum absolute atomic E-state index is 14.3. The zero-order valence-electron chi connectivity index (χ0n) is 40.1. The van der Waals surface area contributed by atoms with Gasteiger partial charge in [-0.2, -0.15) is 0 Å². The molecule has 1 aromatic heterocycles. The van der Waals surface area contributed by atoms with E-state index in [1.807, 2.05) is 55.6 Å². The Morgan fingerprint density at radius 1 is 0.958 bits per heavy atom. The highest BCUT2D eigenvalue weighted by atomic mass is 35.5. The van der Waals surface area contributed by atoms with Gasteiger partial charge in [-0.1, -0.05) is 41.0 Å². The van der Waals surface area contributed by atoms with Gasteiger partial charge in [-0.25, -0.2) is 14.6 Å². The molecule has 71 heavy (non-hydrogen) atoms. The molecule has 0 radical (unpaired) electrons. The van der Waals surface area contributed by atoms with Gasteiger partial charge in [0, 0.05) is 30.3 Å². The van der Waals surface area contributed by atoms with Gasteiger partial charge in [-0.05, 0) is 72.5 Å². The average Bonchev–Trinajstić information content (AvgIpc) is 4.06. The van der Waals surface area contributed by atoms with Crippen LogP contribution in [-0.2, 0) is 57.7 Å². The number of amides is 3. The Balaban J connectivity index is 0.949. The van der Waals surface area contributed by atoms with Crippen LogP contribution in [0.15, 0.2) is 82.5 Å². The van der Waals surface area contributed by atoms with Crippen LogP contribution in [0.3, 0.4) is 0 Å². The Kier molecular flexibility index (Phi) is 15.6. The molecule has 1 N–H and O–H groups in total. The Morgan fingerprint density at radius 2 is 1.58 bits per heavy atom. The van der Waals surface area contributed by atoms with E-state index < -0.39 is 52.4 Å². The second-order valence-electron chi connectivity index (χ2n) is 17.9. The Hall–Kier alpha value is -6.26. The summed E-state index contributed by atoms with van der Waals surface area (Å²) in [5.74, 6) is -1.11. The molecule has 4 aliphatic rings. The second-order valence-corrected chi connectivity index (χ2v) is 20.9. The van der Waals surface area contributed by atoms with Gasteiger partial charge in [-0.3, -0.25) is 19.3 Å². The van der Waals surface area contributed by atoms with Crippen LogP contribution >= 0.6 is 22.9 Å². The number of rotatable bonds is 18. The van der Waals surface area contributed by atoms with Gasteiger partial charge in [0.25, 0.3) is 17.7 Å². The molecule has 0 bridgehead atoms. The summed E-state index contributed by atoms with van der Waals surface area (Å²) in [6.45, 7) is 5.93. The van der Waals surface area contributed by atoms with E-state index >= 15 is 0 Å². The third kappa shape index (κ3) is 10.8. The molecule has 7 atom stereocenters. The van der Waals surface area contributed by atoms with Gasteiger partial charge in [0.1, 0.15) is 48.4 Å². The van der Waals surface area contributed by atoms with Gasteiger partial charge >= 0.3 is 28.0 Å². The van der Waals surface area contributed by atoms with E-state index in [1.165, 1.54) is 34.4 Å². The fraction of sp³-hybridized carbons (Fsp3) is 0.383. The SMILES string of the molecule is BOC(=O)C1=C(C[N+]2(C)C[C@H]3CN(C(=O)c4ccc(OCc5ccc(OC)cc5)c(OCc5ccc(OC)cc5)c4Cl)C[C@H]3C2)C[S+]([O-])[C@@H]2[C@H](NC(=O)/C(=N\O[C@H](C)C(=O)OB)c3csc(C)n3)C(=O)N12. The largest absolute Gasteiger partial charge is 0.614 e. The number of methoxy groups -OCH3 is 2. The molecule has 3 saturated heterocycles. The minimum Gasteiger partial charge on any atom is -0.614 e. The number of aryl methyl sites for hydroxylation is 1. The molecular weight excluding hydrogens is 978 g/mol. The number of quaternary nitrogens is 1. The summed E-state index contributed by atoms with van der Waals surface area (Å²) in [4.78, 5) is 80.0. The molecule has 24 heteroatoms.